The third-order valence-electron chi connectivity index (χ3n) is 11.9. The maximum absolute atomic E-state index is 14.4. The summed E-state index contributed by atoms with van der Waals surface area (Å²) in [5.74, 6) is 0.849. The Hall–Kier alpha value is -2.50. The Morgan fingerprint density at radius 1 is 0.615 bits per heavy atom. The molecule has 0 heterocycles. The highest BCUT2D eigenvalue weighted by Crippen LogP contribution is 2.57. The highest BCUT2D eigenvalue weighted by Gasteiger charge is 2.60. The molecule has 4 heteroatoms. The second kappa shape index (κ2) is 18.7. The maximum Gasteiger partial charge on any atom is 0.128 e. The molecule has 0 bridgehead atoms. The van der Waals surface area contributed by atoms with Crippen molar-refractivity contribution in [1.29, 1.82) is 0 Å². The van der Waals surface area contributed by atoms with Gasteiger partial charge in [0, 0.05) is 0 Å². The summed E-state index contributed by atoms with van der Waals surface area (Å²) in [5, 5.41) is 51.2. The lowest BCUT2D eigenvalue weighted by atomic mass is 9.56. The molecule has 0 amide bonds. The predicted molar refractivity (Wildman–Crippen MR) is 220 cm³/mol. The van der Waals surface area contributed by atoms with Crippen LogP contribution in [0.1, 0.15) is 171 Å². The molecule has 4 atom stereocenters. The summed E-state index contributed by atoms with van der Waals surface area (Å²) >= 11 is 0. The van der Waals surface area contributed by atoms with Crippen LogP contribution in [0.25, 0.3) is 0 Å². The molecule has 3 aromatic rings. The van der Waals surface area contributed by atoms with Gasteiger partial charge in [0.25, 0.3) is 0 Å². The Labute approximate surface area is 318 Å². The van der Waals surface area contributed by atoms with Crippen molar-refractivity contribution in [3.63, 3.8) is 0 Å². The van der Waals surface area contributed by atoms with Gasteiger partial charge in [0.2, 0.25) is 0 Å². The van der Waals surface area contributed by atoms with Gasteiger partial charge in [-0.15, -0.1) is 0 Å². The summed E-state index contributed by atoms with van der Waals surface area (Å²) in [6, 6.07) is 20.3. The first-order valence-corrected chi connectivity index (χ1v) is 20.4. The van der Waals surface area contributed by atoms with Crippen LogP contribution in [0.5, 0.6) is 0 Å². The quantitative estimate of drug-likeness (QED) is 0.0996. The molecule has 0 aliphatic rings. The summed E-state index contributed by atoms with van der Waals surface area (Å²) in [4.78, 5) is 0. The van der Waals surface area contributed by atoms with Gasteiger partial charge < -0.3 is 20.4 Å². The Morgan fingerprint density at radius 2 is 1.06 bits per heavy atom. The summed E-state index contributed by atoms with van der Waals surface area (Å²) in [5.41, 5.74) is 2.34. The zero-order valence-electron chi connectivity index (χ0n) is 34.8. The molecule has 4 unspecified atom stereocenters. The second-order valence-electron chi connectivity index (χ2n) is 17.9. The highest BCUT2D eigenvalue weighted by atomic mass is 16.3. The van der Waals surface area contributed by atoms with Crippen molar-refractivity contribution >= 4 is 0 Å². The topological polar surface area (TPSA) is 80.9 Å². The van der Waals surface area contributed by atoms with Crippen molar-refractivity contribution in [3.05, 3.63) is 105 Å². The van der Waals surface area contributed by atoms with E-state index in [-0.39, 0.29) is 0 Å². The fourth-order valence-corrected chi connectivity index (χ4v) is 8.51. The van der Waals surface area contributed by atoms with Crippen LogP contribution in [-0.4, -0.2) is 33.6 Å². The number of aliphatic hydroxyl groups excluding tert-OH is 3. The van der Waals surface area contributed by atoms with E-state index in [4.69, 9.17) is 0 Å². The molecule has 0 saturated carbocycles. The number of benzene rings is 3. The molecule has 0 aromatic heterocycles. The van der Waals surface area contributed by atoms with E-state index in [1.54, 1.807) is 0 Å². The summed E-state index contributed by atoms with van der Waals surface area (Å²) in [6.07, 6.45) is 8.91. The lowest BCUT2D eigenvalue weighted by Gasteiger charge is -2.52. The minimum absolute atomic E-state index is 0.407. The van der Waals surface area contributed by atoms with Crippen molar-refractivity contribution in [3.8, 4) is 0 Å². The van der Waals surface area contributed by atoms with E-state index in [0.29, 0.717) is 28.5 Å². The fraction of sp³-hybridized carbons (Fsp3) is 0.625. The lowest BCUT2D eigenvalue weighted by Crippen LogP contribution is -2.57. The van der Waals surface area contributed by atoms with Crippen LogP contribution in [0, 0.1) is 24.2 Å². The standard InChI is InChI=1S/C48H74O4/c1-12-16-22-35(14-3)30-37-24-18-20-26-39(37)44(51)47(32-49,33-50)48(52,40-27-21-19-25-38(40)31-36(15-4)23-17-13-2)43-41(45(6,7)8)28-34(5)29-42(43)46(9,10)11/h18-21,24-29,35-36,44,49-52H,12-17,22-23,30-33H2,1-11H3. The Morgan fingerprint density at radius 3 is 1.50 bits per heavy atom. The molecule has 0 aliphatic carbocycles. The average molecular weight is 715 g/mol. The largest absolute Gasteiger partial charge is 0.395 e. The van der Waals surface area contributed by atoms with Gasteiger partial charge in [-0.05, 0) is 81.4 Å². The summed E-state index contributed by atoms with van der Waals surface area (Å²) in [7, 11) is 0. The molecule has 0 aliphatic heterocycles. The molecule has 0 radical (unpaired) electrons. The average Bonchev–Trinajstić information content (AvgIpc) is 3.11. The molecular weight excluding hydrogens is 641 g/mol. The second-order valence-corrected chi connectivity index (χ2v) is 17.9. The van der Waals surface area contributed by atoms with Crippen LogP contribution in [0.15, 0.2) is 60.7 Å². The Kier molecular flexibility index (Phi) is 15.8. The summed E-state index contributed by atoms with van der Waals surface area (Å²) in [6.45, 7) is 22.7. The first-order chi connectivity index (χ1) is 24.5. The molecule has 4 N–H and O–H groups in total. The molecule has 0 spiro atoms. The van der Waals surface area contributed by atoms with Gasteiger partial charge in [-0.25, -0.2) is 0 Å². The van der Waals surface area contributed by atoms with Crippen LogP contribution in [-0.2, 0) is 29.3 Å². The van der Waals surface area contributed by atoms with E-state index in [9.17, 15) is 20.4 Å². The van der Waals surface area contributed by atoms with E-state index in [1.165, 1.54) is 0 Å². The normalized spacial score (nSPS) is 15.7. The van der Waals surface area contributed by atoms with Crippen molar-refractivity contribution < 1.29 is 20.4 Å². The van der Waals surface area contributed by atoms with E-state index >= 15 is 0 Å². The lowest BCUT2D eigenvalue weighted by molar-refractivity contribution is -0.174. The van der Waals surface area contributed by atoms with Gasteiger partial charge in [0.15, 0.2) is 0 Å². The van der Waals surface area contributed by atoms with Crippen LogP contribution in [0.3, 0.4) is 0 Å². The molecule has 290 valence electrons. The Bertz CT molecular complexity index is 1500. The zero-order chi connectivity index (χ0) is 38.9. The van der Waals surface area contributed by atoms with Crippen molar-refractivity contribution in [2.45, 2.75) is 163 Å². The minimum atomic E-state index is -1.99. The van der Waals surface area contributed by atoms with E-state index in [1.807, 2.05) is 36.4 Å². The van der Waals surface area contributed by atoms with Crippen molar-refractivity contribution in [1.82, 2.24) is 0 Å². The molecule has 3 rings (SSSR count). The minimum Gasteiger partial charge on any atom is -0.395 e. The highest BCUT2D eigenvalue weighted by molar-refractivity contribution is 5.56. The van der Waals surface area contributed by atoms with Crippen molar-refractivity contribution in [2.75, 3.05) is 13.2 Å². The monoisotopic (exact) mass is 715 g/mol. The number of hydrogen-bond acceptors (Lipinski definition) is 4. The molecular formula is C48H74O4. The first-order valence-electron chi connectivity index (χ1n) is 20.4. The van der Waals surface area contributed by atoms with Crippen LogP contribution in [0.2, 0.25) is 0 Å². The first kappa shape index (κ1) is 43.9. The predicted octanol–water partition coefficient (Wildman–Crippen LogP) is 11.0. The number of aryl methyl sites for hydroxylation is 1. The van der Waals surface area contributed by atoms with Gasteiger partial charge in [-0.2, -0.15) is 0 Å². The molecule has 0 fully saturated rings. The SMILES string of the molecule is CCCCC(CC)Cc1ccccc1C(O)C(CO)(CO)C(O)(c1ccccc1CC(CC)CCCC)c1c(C(C)(C)C)cc(C)cc1C(C)(C)C. The van der Waals surface area contributed by atoms with Gasteiger partial charge in [-0.3, -0.25) is 0 Å². The fourth-order valence-electron chi connectivity index (χ4n) is 8.51. The zero-order valence-corrected chi connectivity index (χ0v) is 34.8. The van der Waals surface area contributed by atoms with Crippen molar-refractivity contribution in [2.24, 2.45) is 17.3 Å². The van der Waals surface area contributed by atoms with E-state index in [2.05, 4.69) is 100 Å². The summed E-state index contributed by atoms with van der Waals surface area (Å²) < 4.78 is 0. The molecule has 0 saturated heterocycles. The third-order valence-corrected chi connectivity index (χ3v) is 11.9. The smallest absolute Gasteiger partial charge is 0.128 e. The molecule has 4 nitrogen and oxygen atoms in total. The number of rotatable bonds is 19. The molecule has 3 aromatic carbocycles. The third kappa shape index (κ3) is 9.41. The number of unbranched alkanes of at least 4 members (excludes halogenated alkanes) is 2. The Balaban J connectivity index is 2.57. The van der Waals surface area contributed by atoms with Gasteiger partial charge in [-0.1, -0.05) is 187 Å². The van der Waals surface area contributed by atoms with Gasteiger partial charge in [0.05, 0.1) is 24.7 Å². The number of aliphatic hydroxyl groups is 4. The van der Waals surface area contributed by atoms with E-state index < -0.39 is 41.2 Å². The number of hydrogen-bond donors (Lipinski definition) is 4. The van der Waals surface area contributed by atoms with Gasteiger partial charge >= 0.3 is 0 Å². The van der Waals surface area contributed by atoms with E-state index in [0.717, 1.165) is 92.0 Å². The van der Waals surface area contributed by atoms with Crippen LogP contribution in [0.4, 0.5) is 0 Å². The molecule has 52 heavy (non-hydrogen) atoms. The van der Waals surface area contributed by atoms with Gasteiger partial charge in [0.1, 0.15) is 5.60 Å². The van der Waals surface area contributed by atoms with Crippen LogP contribution >= 0.6 is 0 Å². The maximum atomic E-state index is 14.4. The van der Waals surface area contributed by atoms with Crippen LogP contribution < -0.4 is 0 Å².